The van der Waals surface area contributed by atoms with Gasteiger partial charge in [0.1, 0.15) is 13.1 Å². The summed E-state index contributed by atoms with van der Waals surface area (Å²) in [5, 5.41) is 10.7. The molecule has 0 heterocycles. The van der Waals surface area contributed by atoms with Crippen molar-refractivity contribution < 1.29 is 14.4 Å². The van der Waals surface area contributed by atoms with E-state index in [4.69, 9.17) is 16.3 Å². The molecule has 1 N–H and O–H groups in total. The van der Waals surface area contributed by atoms with Crippen molar-refractivity contribution >= 4 is 34.3 Å². The fraction of sp³-hybridized carbons (Fsp3) is 0.457. The van der Waals surface area contributed by atoms with Crippen molar-refractivity contribution in [3.63, 3.8) is 0 Å². The average Bonchev–Trinajstić information content (AvgIpc) is 2.99. The van der Waals surface area contributed by atoms with Gasteiger partial charge in [0.2, 0.25) is 0 Å². The Labute approximate surface area is 253 Å². The monoisotopic (exact) mass is 578 g/mol. The quantitative estimate of drug-likeness (QED) is 0.143. The first kappa shape index (κ1) is 32.7. The summed E-state index contributed by atoms with van der Waals surface area (Å²) >= 11 is 7.06. The second-order valence-corrected chi connectivity index (χ2v) is 10.8. The van der Waals surface area contributed by atoms with Gasteiger partial charge in [-0.3, -0.25) is 0 Å². The summed E-state index contributed by atoms with van der Waals surface area (Å²) in [5.41, 5.74) is 9.00. The van der Waals surface area contributed by atoms with E-state index in [0.29, 0.717) is 18.7 Å². The van der Waals surface area contributed by atoms with Crippen molar-refractivity contribution in [1.29, 1.82) is 0 Å². The number of aliphatic hydroxyl groups is 1. The van der Waals surface area contributed by atoms with Gasteiger partial charge in [-0.15, -0.1) is 0 Å². The number of likely N-dealkylation sites (N-methyl/N-ethyl adjacent to an activating group) is 1. The third-order valence-corrected chi connectivity index (χ3v) is 8.27. The minimum absolute atomic E-state index is 0.420. The molecular formula is C35H49ClN3O2+. The predicted octanol–water partition coefficient (Wildman–Crippen LogP) is 7.48. The van der Waals surface area contributed by atoms with Crippen molar-refractivity contribution in [2.24, 2.45) is 0 Å². The van der Waals surface area contributed by atoms with Crippen LogP contribution in [0.3, 0.4) is 0 Å². The first-order valence-corrected chi connectivity index (χ1v) is 15.5. The molecule has 3 rings (SSSR count). The lowest BCUT2D eigenvalue weighted by Crippen LogP contribution is -2.29. The molecule has 1 aliphatic rings. The molecule has 0 aromatic heterocycles. The Kier molecular flexibility index (Phi) is 12.7. The van der Waals surface area contributed by atoms with Gasteiger partial charge in [0.15, 0.2) is 12.0 Å². The Morgan fingerprint density at radius 3 is 1.83 bits per heavy atom. The molecule has 1 unspecified atom stereocenters. The van der Waals surface area contributed by atoms with Crippen LogP contribution < -0.4 is 9.80 Å². The summed E-state index contributed by atoms with van der Waals surface area (Å²) in [6, 6.07) is 17.7. The molecule has 6 heteroatoms. The molecule has 5 nitrogen and oxygen atoms in total. The van der Waals surface area contributed by atoms with Crippen LogP contribution in [0.5, 0.6) is 0 Å². The summed E-state index contributed by atoms with van der Waals surface area (Å²) in [4.78, 5) is 4.61. The topological polar surface area (TPSA) is 39.0 Å². The Balaban J connectivity index is 2.01. The fourth-order valence-corrected chi connectivity index (χ4v) is 5.78. The second-order valence-electron chi connectivity index (χ2n) is 10.4. The molecule has 1 atom stereocenters. The predicted molar refractivity (Wildman–Crippen MR) is 177 cm³/mol. The number of rotatable bonds is 14. The molecule has 1 aliphatic carbocycles. The van der Waals surface area contributed by atoms with Crippen molar-refractivity contribution in [3.8, 4) is 0 Å². The van der Waals surface area contributed by atoms with Crippen molar-refractivity contribution in [3.05, 3.63) is 88.5 Å². The van der Waals surface area contributed by atoms with E-state index < -0.39 is 6.29 Å². The largest absolute Gasteiger partial charge is 0.372 e. The molecule has 0 saturated heterocycles. The van der Waals surface area contributed by atoms with Gasteiger partial charge in [-0.1, -0.05) is 42.4 Å². The molecule has 0 spiro atoms. The molecule has 0 bridgehead atoms. The summed E-state index contributed by atoms with van der Waals surface area (Å²) < 4.78 is 7.92. The van der Waals surface area contributed by atoms with Crippen LogP contribution in [0.4, 0.5) is 11.4 Å². The van der Waals surface area contributed by atoms with Gasteiger partial charge in [-0.2, -0.15) is 0 Å². The van der Waals surface area contributed by atoms with Gasteiger partial charge in [-0.05, 0) is 100 Å². The number of benzene rings is 2. The minimum Gasteiger partial charge on any atom is -0.372 e. The third-order valence-electron chi connectivity index (χ3n) is 7.93. The van der Waals surface area contributed by atoms with Crippen LogP contribution >= 0.6 is 11.6 Å². The molecule has 0 saturated carbocycles. The smallest absolute Gasteiger partial charge is 0.177 e. The van der Waals surface area contributed by atoms with E-state index in [0.717, 1.165) is 61.8 Å². The standard InChI is InChI=1S/C35H49ClN3O2/c1-8-37(9-2)29-17-13-27(14-18-29)34(32-22-21-31(25-33(32)36)38(10-3)11-4)28-15-19-30(20-16-28)39(12-5)23-24-41-35(40)26(6)7/h13-20,25,35,40H,6,8-12,21-24H2,1-5,7H3/q+1. The van der Waals surface area contributed by atoms with E-state index in [9.17, 15) is 5.11 Å². The number of hydrogen-bond acceptors (Lipinski definition) is 4. The first-order valence-electron chi connectivity index (χ1n) is 15.1. The molecule has 222 valence electrons. The van der Waals surface area contributed by atoms with Gasteiger partial charge in [0.05, 0.1) is 11.6 Å². The van der Waals surface area contributed by atoms with E-state index in [-0.39, 0.29) is 0 Å². The molecule has 41 heavy (non-hydrogen) atoms. The molecule has 2 aromatic carbocycles. The van der Waals surface area contributed by atoms with Crippen molar-refractivity contribution in [2.45, 2.75) is 60.7 Å². The van der Waals surface area contributed by atoms with E-state index in [2.05, 4.69) is 110 Å². The highest BCUT2D eigenvalue weighted by atomic mass is 35.5. The third kappa shape index (κ3) is 8.34. The van der Waals surface area contributed by atoms with Crippen LogP contribution in [0.25, 0.3) is 5.57 Å². The maximum absolute atomic E-state index is 9.92. The van der Waals surface area contributed by atoms with Crippen LogP contribution in [-0.4, -0.2) is 67.6 Å². The normalized spacial score (nSPS) is 15.3. The van der Waals surface area contributed by atoms with Crippen LogP contribution in [0.1, 0.15) is 65.5 Å². The molecule has 0 fully saturated rings. The summed E-state index contributed by atoms with van der Waals surface area (Å²) in [6.45, 7) is 22.3. The summed E-state index contributed by atoms with van der Waals surface area (Å²) in [7, 11) is 0. The van der Waals surface area contributed by atoms with Crippen LogP contribution in [0.15, 0.2) is 77.4 Å². The lowest BCUT2D eigenvalue weighted by atomic mass is 9.87. The highest BCUT2D eigenvalue weighted by molar-refractivity contribution is 6.34. The highest BCUT2D eigenvalue weighted by Gasteiger charge is 2.23. The van der Waals surface area contributed by atoms with Gasteiger partial charge in [-0.25, -0.2) is 4.58 Å². The second kappa shape index (κ2) is 16.0. The fourth-order valence-electron chi connectivity index (χ4n) is 5.47. The first-order chi connectivity index (χ1) is 19.8. The Morgan fingerprint density at radius 2 is 1.39 bits per heavy atom. The maximum Gasteiger partial charge on any atom is 0.177 e. The zero-order valence-electron chi connectivity index (χ0n) is 25.9. The van der Waals surface area contributed by atoms with E-state index in [1.165, 1.54) is 28.1 Å². The molecule has 0 radical (unpaired) electrons. The molecule has 0 aliphatic heterocycles. The number of hydrogen-bond donors (Lipinski definition) is 1. The van der Waals surface area contributed by atoms with E-state index in [1.54, 1.807) is 6.92 Å². The summed E-state index contributed by atoms with van der Waals surface area (Å²) in [5.74, 6) is 0. The van der Waals surface area contributed by atoms with E-state index in [1.807, 2.05) is 0 Å². The van der Waals surface area contributed by atoms with Gasteiger partial charge < -0.3 is 19.6 Å². The molecule has 0 amide bonds. The maximum atomic E-state index is 9.92. The Hall–Kier alpha value is -2.86. The van der Waals surface area contributed by atoms with Crippen LogP contribution in [0, 0.1) is 0 Å². The number of halogens is 1. The SMILES string of the molecule is C=C(C)C(O)OCCN(CC)c1ccc(/C(=C2/CCC(=[N+](CC)CC)C=C2Cl)c2ccc(N(CC)CC)cc2)cc1. The number of anilines is 2. The zero-order chi connectivity index (χ0) is 29.9. The number of ether oxygens (including phenoxy) is 1. The Bertz CT molecular complexity index is 1240. The van der Waals surface area contributed by atoms with Gasteiger partial charge >= 0.3 is 0 Å². The average molecular weight is 579 g/mol. The Morgan fingerprint density at radius 1 is 0.878 bits per heavy atom. The summed E-state index contributed by atoms with van der Waals surface area (Å²) in [6.07, 6.45) is 3.13. The number of aliphatic hydroxyl groups excluding tert-OH is 1. The van der Waals surface area contributed by atoms with Gasteiger partial charge in [0.25, 0.3) is 0 Å². The molecular weight excluding hydrogens is 530 g/mol. The van der Waals surface area contributed by atoms with Crippen molar-refractivity contribution in [1.82, 2.24) is 0 Å². The van der Waals surface area contributed by atoms with Gasteiger partial charge in [0, 0.05) is 50.1 Å². The lowest BCUT2D eigenvalue weighted by molar-refractivity contribution is -0.521. The number of nitrogens with zero attached hydrogens (tertiary/aromatic N) is 3. The lowest BCUT2D eigenvalue weighted by Gasteiger charge is -2.25. The van der Waals surface area contributed by atoms with Crippen LogP contribution in [0.2, 0.25) is 0 Å². The zero-order valence-corrected chi connectivity index (χ0v) is 26.7. The molecule has 2 aromatic rings. The highest BCUT2D eigenvalue weighted by Crippen LogP contribution is 2.38. The van der Waals surface area contributed by atoms with E-state index >= 15 is 0 Å². The minimum atomic E-state index is -0.925. The number of allylic oxidation sites excluding steroid dienone is 3. The van der Waals surface area contributed by atoms with Crippen LogP contribution in [-0.2, 0) is 4.74 Å². The van der Waals surface area contributed by atoms with Crippen molar-refractivity contribution in [2.75, 3.05) is 55.7 Å².